The molecule has 1 rings (SSSR count). The van der Waals surface area contributed by atoms with E-state index < -0.39 is 29.3 Å². The number of carbonyl (C=O) groups excluding carboxylic acids is 2. The summed E-state index contributed by atoms with van der Waals surface area (Å²) in [6.07, 6.45) is -4.45. The predicted molar refractivity (Wildman–Crippen MR) is 54.1 cm³/mol. The minimum atomic E-state index is -4.45. The van der Waals surface area contributed by atoms with E-state index in [4.69, 9.17) is 5.73 Å². The normalized spacial score (nSPS) is 13.2. The number of carbonyl (C=O) groups is 2. The maximum absolute atomic E-state index is 12.3. The maximum Gasteiger partial charge on any atom is 0.416 e. The summed E-state index contributed by atoms with van der Waals surface area (Å²) in [6, 6.07) is 3.79. The molecule has 0 aliphatic heterocycles. The summed E-state index contributed by atoms with van der Waals surface area (Å²) in [4.78, 5) is 22.1. The third-order valence-corrected chi connectivity index (χ3v) is 2.26. The molecular weight excluding hydrogens is 235 g/mol. The van der Waals surface area contributed by atoms with Gasteiger partial charge < -0.3 is 5.73 Å². The summed E-state index contributed by atoms with van der Waals surface area (Å²) < 4.78 is 36.8. The number of primary amides is 1. The largest absolute Gasteiger partial charge is 0.416 e. The first-order valence-electron chi connectivity index (χ1n) is 4.70. The van der Waals surface area contributed by atoms with Crippen LogP contribution in [0.1, 0.15) is 24.0 Å². The third kappa shape index (κ3) is 3.05. The van der Waals surface area contributed by atoms with Crippen LogP contribution in [0.15, 0.2) is 24.3 Å². The summed E-state index contributed by atoms with van der Waals surface area (Å²) in [6.45, 7) is 1.16. The summed E-state index contributed by atoms with van der Waals surface area (Å²) in [5.41, 5.74) is 4.34. The minimum absolute atomic E-state index is 0.165. The Labute approximate surface area is 95.4 Å². The second-order valence-corrected chi connectivity index (χ2v) is 3.57. The van der Waals surface area contributed by atoms with Gasteiger partial charge in [-0.1, -0.05) is 12.1 Å². The van der Waals surface area contributed by atoms with E-state index in [0.29, 0.717) is 0 Å². The molecule has 1 atom stereocenters. The molecule has 0 spiro atoms. The van der Waals surface area contributed by atoms with Gasteiger partial charge in [-0.15, -0.1) is 0 Å². The van der Waals surface area contributed by atoms with Crippen LogP contribution in [0.4, 0.5) is 13.2 Å². The average Bonchev–Trinajstić information content (AvgIpc) is 2.15. The number of benzene rings is 1. The van der Waals surface area contributed by atoms with Gasteiger partial charge >= 0.3 is 6.18 Å². The van der Waals surface area contributed by atoms with E-state index in [-0.39, 0.29) is 5.56 Å². The molecule has 0 fully saturated rings. The van der Waals surface area contributed by atoms with Crippen molar-refractivity contribution in [1.82, 2.24) is 0 Å². The number of rotatable bonds is 3. The zero-order chi connectivity index (χ0) is 13.2. The predicted octanol–water partition coefficient (Wildman–Crippen LogP) is 1.86. The number of hydrogen-bond acceptors (Lipinski definition) is 2. The van der Waals surface area contributed by atoms with E-state index in [0.717, 1.165) is 31.2 Å². The van der Waals surface area contributed by atoms with Crippen LogP contribution in [0, 0.1) is 0 Å². The third-order valence-electron chi connectivity index (χ3n) is 2.26. The van der Waals surface area contributed by atoms with Crippen molar-refractivity contribution >= 4 is 11.7 Å². The van der Waals surface area contributed by atoms with E-state index in [1.165, 1.54) is 0 Å². The number of ketones is 1. The first-order valence-corrected chi connectivity index (χ1v) is 4.70. The smallest absolute Gasteiger partial charge is 0.369 e. The Morgan fingerprint density at radius 2 is 1.65 bits per heavy atom. The quantitative estimate of drug-likeness (QED) is 0.826. The number of Topliss-reactive ketones (excluding diaryl/α,β-unsaturated/α-hetero) is 1. The zero-order valence-corrected chi connectivity index (χ0v) is 8.91. The number of nitrogens with two attached hydrogens (primary N) is 1. The van der Waals surface area contributed by atoms with Crippen LogP contribution in [-0.2, 0) is 15.8 Å². The average molecular weight is 245 g/mol. The lowest BCUT2D eigenvalue weighted by Crippen LogP contribution is -2.26. The summed E-state index contributed by atoms with van der Waals surface area (Å²) >= 11 is 0. The van der Waals surface area contributed by atoms with Crippen LogP contribution >= 0.6 is 0 Å². The topological polar surface area (TPSA) is 60.2 Å². The lowest BCUT2D eigenvalue weighted by Gasteiger charge is -2.12. The van der Waals surface area contributed by atoms with Gasteiger partial charge in [0, 0.05) is 0 Å². The van der Waals surface area contributed by atoms with Crippen molar-refractivity contribution in [2.24, 2.45) is 5.73 Å². The van der Waals surface area contributed by atoms with Crippen LogP contribution in [0.25, 0.3) is 0 Å². The molecule has 3 nitrogen and oxygen atoms in total. The Kier molecular flexibility index (Phi) is 3.55. The van der Waals surface area contributed by atoms with Gasteiger partial charge in [-0.05, 0) is 24.6 Å². The van der Waals surface area contributed by atoms with Crippen LogP contribution in [0.3, 0.4) is 0 Å². The van der Waals surface area contributed by atoms with Gasteiger partial charge in [-0.2, -0.15) is 13.2 Å². The van der Waals surface area contributed by atoms with Crippen LogP contribution in [0.2, 0.25) is 0 Å². The Hall–Kier alpha value is -1.85. The Bertz CT molecular complexity index is 423. The first kappa shape index (κ1) is 13.2. The second-order valence-electron chi connectivity index (χ2n) is 3.57. The van der Waals surface area contributed by atoms with Gasteiger partial charge in [0.25, 0.3) is 0 Å². The molecule has 1 aromatic carbocycles. The lowest BCUT2D eigenvalue weighted by molar-refractivity contribution is -0.137. The molecule has 0 saturated carbocycles. The highest BCUT2D eigenvalue weighted by molar-refractivity contribution is 6.04. The SMILES string of the molecule is CC(=O)C(C(N)=O)c1ccc(C(F)(F)F)cc1. The summed E-state index contributed by atoms with van der Waals surface area (Å²) in [5, 5.41) is 0. The fourth-order valence-corrected chi connectivity index (χ4v) is 1.46. The van der Waals surface area contributed by atoms with Crippen LogP contribution in [-0.4, -0.2) is 11.7 Å². The Morgan fingerprint density at radius 3 is 1.94 bits per heavy atom. The number of alkyl halides is 3. The molecule has 1 amide bonds. The van der Waals surface area contributed by atoms with Crippen molar-refractivity contribution in [1.29, 1.82) is 0 Å². The van der Waals surface area contributed by atoms with Gasteiger partial charge in [0.2, 0.25) is 5.91 Å². The number of amides is 1. The van der Waals surface area contributed by atoms with E-state index in [1.54, 1.807) is 0 Å². The highest BCUT2D eigenvalue weighted by atomic mass is 19.4. The molecule has 2 N–H and O–H groups in total. The molecule has 17 heavy (non-hydrogen) atoms. The van der Waals surface area contributed by atoms with Gasteiger partial charge in [0.15, 0.2) is 0 Å². The van der Waals surface area contributed by atoms with Gasteiger partial charge in [0.05, 0.1) is 5.56 Å². The molecule has 0 aliphatic carbocycles. The fraction of sp³-hybridized carbons (Fsp3) is 0.273. The van der Waals surface area contributed by atoms with Crippen molar-refractivity contribution < 1.29 is 22.8 Å². The molecule has 92 valence electrons. The molecule has 0 saturated heterocycles. The highest BCUT2D eigenvalue weighted by Crippen LogP contribution is 2.30. The fourth-order valence-electron chi connectivity index (χ4n) is 1.46. The van der Waals surface area contributed by atoms with E-state index >= 15 is 0 Å². The van der Waals surface area contributed by atoms with Gasteiger partial charge in [-0.25, -0.2) is 0 Å². The minimum Gasteiger partial charge on any atom is -0.369 e. The zero-order valence-electron chi connectivity index (χ0n) is 8.91. The standard InChI is InChI=1S/C11H10F3NO2/c1-6(16)9(10(15)17)7-2-4-8(5-3-7)11(12,13)14/h2-5,9H,1H3,(H2,15,17). The molecule has 1 aromatic rings. The molecule has 0 aliphatic rings. The summed E-state index contributed by atoms with van der Waals surface area (Å²) in [5.74, 6) is -2.58. The van der Waals surface area contributed by atoms with Crippen molar-refractivity contribution in [3.63, 3.8) is 0 Å². The van der Waals surface area contributed by atoms with E-state index in [9.17, 15) is 22.8 Å². The van der Waals surface area contributed by atoms with Crippen molar-refractivity contribution in [2.45, 2.75) is 19.0 Å². The van der Waals surface area contributed by atoms with Crippen molar-refractivity contribution in [2.75, 3.05) is 0 Å². The lowest BCUT2D eigenvalue weighted by atomic mass is 9.94. The Morgan fingerprint density at radius 1 is 1.18 bits per heavy atom. The molecule has 6 heteroatoms. The number of hydrogen-bond donors (Lipinski definition) is 1. The molecule has 0 radical (unpaired) electrons. The molecule has 0 aromatic heterocycles. The maximum atomic E-state index is 12.3. The van der Waals surface area contributed by atoms with Crippen LogP contribution in [0.5, 0.6) is 0 Å². The van der Waals surface area contributed by atoms with Gasteiger partial charge in [-0.3, -0.25) is 9.59 Å². The first-order chi connectivity index (χ1) is 7.73. The van der Waals surface area contributed by atoms with Crippen LogP contribution < -0.4 is 5.73 Å². The summed E-state index contributed by atoms with van der Waals surface area (Å²) in [7, 11) is 0. The van der Waals surface area contributed by atoms with E-state index in [2.05, 4.69) is 0 Å². The highest BCUT2D eigenvalue weighted by Gasteiger charge is 2.31. The van der Waals surface area contributed by atoms with Crippen molar-refractivity contribution in [3.05, 3.63) is 35.4 Å². The van der Waals surface area contributed by atoms with Gasteiger partial charge in [0.1, 0.15) is 11.7 Å². The second kappa shape index (κ2) is 4.57. The monoisotopic (exact) mass is 245 g/mol. The molecular formula is C11H10F3NO2. The molecule has 1 unspecified atom stereocenters. The number of halogens is 3. The van der Waals surface area contributed by atoms with E-state index in [1.807, 2.05) is 0 Å². The Balaban J connectivity index is 3.09. The molecule has 0 heterocycles. The molecule has 0 bridgehead atoms. The van der Waals surface area contributed by atoms with Crippen molar-refractivity contribution in [3.8, 4) is 0 Å².